The van der Waals surface area contributed by atoms with E-state index in [1.807, 2.05) is 5.32 Å². The lowest BCUT2D eigenvalue weighted by Gasteiger charge is -2.28. The van der Waals surface area contributed by atoms with Crippen LogP contribution in [0.3, 0.4) is 0 Å². The fraction of sp³-hybridized carbons (Fsp3) is 0.750. The van der Waals surface area contributed by atoms with Gasteiger partial charge in [0, 0.05) is 14.1 Å². The van der Waals surface area contributed by atoms with E-state index in [9.17, 15) is 32.3 Å². The second kappa shape index (κ2) is 9.16. The number of rotatable bonds is 7. The zero-order valence-corrected chi connectivity index (χ0v) is 16.2. The number of nitrogens with zero attached hydrogens (tertiary/aromatic N) is 1. The molecule has 0 fully saturated rings. The van der Waals surface area contributed by atoms with Gasteiger partial charge in [0.05, 0.1) is 18.5 Å². The van der Waals surface area contributed by atoms with Gasteiger partial charge in [-0.2, -0.15) is 13.2 Å². The maximum absolute atomic E-state index is 12.5. The molecule has 0 aliphatic heterocycles. The Labute approximate surface area is 156 Å². The number of Topliss-reactive ketones (excluding diaryl/α,β-unsaturated/α-hetero) is 1. The van der Waals surface area contributed by atoms with E-state index in [2.05, 4.69) is 5.32 Å². The SMILES string of the molecule is CC(NC(=O)[C@H](CC(=O)N(C)C)NC(=O)[C@@H](N)C(C)(C)C)C(=O)C(F)(F)F. The van der Waals surface area contributed by atoms with Crippen molar-refractivity contribution in [2.75, 3.05) is 14.1 Å². The molecule has 4 N–H and O–H groups in total. The highest BCUT2D eigenvalue weighted by molar-refractivity contribution is 5.97. The molecule has 1 unspecified atom stereocenters. The summed E-state index contributed by atoms with van der Waals surface area (Å²) in [6, 6.07) is -4.39. The van der Waals surface area contributed by atoms with Crippen LogP contribution in [0.4, 0.5) is 13.2 Å². The van der Waals surface area contributed by atoms with Crippen LogP contribution in [-0.4, -0.2) is 66.8 Å². The van der Waals surface area contributed by atoms with E-state index in [1.165, 1.54) is 14.1 Å². The third-order valence-electron chi connectivity index (χ3n) is 3.76. The van der Waals surface area contributed by atoms with Crippen molar-refractivity contribution in [3.63, 3.8) is 0 Å². The van der Waals surface area contributed by atoms with Crippen molar-refractivity contribution in [2.45, 2.75) is 58.4 Å². The summed E-state index contributed by atoms with van der Waals surface area (Å²) in [4.78, 5) is 48.8. The van der Waals surface area contributed by atoms with Crippen LogP contribution in [0.1, 0.15) is 34.1 Å². The maximum atomic E-state index is 12.5. The van der Waals surface area contributed by atoms with Crippen LogP contribution in [-0.2, 0) is 19.2 Å². The highest BCUT2D eigenvalue weighted by Crippen LogP contribution is 2.19. The molecule has 3 amide bonds. The molecule has 0 aliphatic carbocycles. The van der Waals surface area contributed by atoms with Gasteiger partial charge in [-0.1, -0.05) is 20.8 Å². The Hall–Kier alpha value is -2.17. The quantitative estimate of drug-likeness (QED) is 0.557. The summed E-state index contributed by atoms with van der Waals surface area (Å²) in [5.74, 6) is -4.53. The topological polar surface area (TPSA) is 122 Å². The normalized spacial score (nSPS) is 15.3. The summed E-state index contributed by atoms with van der Waals surface area (Å²) >= 11 is 0. The average molecular weight is 396 g/mol. The third-order valence-corrected chi connectivity index (χ3v) is 3.76. The van der Waals surface area contributed by atoms with Gasteiger partial charge < -0.3 is 21.3 Å². The molecular weight excluding hydrogens is 369 g/mol. The smallest absolute Gasteiger partial charge is 0.349 e. The van der Waals surface area contributed by atoms with Crippen LogP contribution in [0.2, 0.25) is 0 Å². The Morgan fingerprint density at radius 1 is 1.00 bits per heavy atom. The zero-order valence-electron chi connectivity index (χ0n) is 16.2. The Morgan fingerprint density at radius 2 is 1.48 bits per heavy atom. The van der Waals surface area contributed by atoms with Gasteiger partial charge in [0.1, 0.15) is 6.04 Å². The third kappa shape index (κ3) is 7.94. The maximum Gasteiger partial charge on any atom is 0.452 e. The molecule has 0 bridgehead atoms. The standard InChI is InChI=1S/C16H27F3N4O4/c1-8(12(25)16(17,18)19)21-13(26)9(7-10(24)23(5)6)22-14(27)11(20)15(2,3)4/h8-9,11H,7,20H2,1-6H3,(H,21,26)(H,22,27)/t8?,9-,11+/m0/s1. The summed E-state index contributed by atoms with van der Waals surface area (Å²) < 4.78 is 37.4. The second-order valence-corrected chi connectivity index (χ2v) is 7.49. The highest BCUT2D eigenvalue weighted by atomic mass is 19.4. The number of carbonyl (C=O) groups excluding carboxylic acids is 4. The molecular formula is C16H27F3N4O4. The van der Waals surface area contributed by atoms with Gasteiger partial charge in [-0.3, -0.25) is 19.2 Å². The number of carbonyl (C=O) groups is 4. The molecule has 0 heterocycles. The Morgan fingerprint density at radius 3 is 1.85 bits per heavy atom. The molecule has 0 radical (unpaired) electrons. The van der Waals surface area contributed by atoms with E-state index < -0.39 is 59.6 Å². The summed E-state index contributed by atoms with van der Waals surface area (Å²) in [7, 11) is 2.83. The number of halogens is 3. The minimum atomic E-state index is -5.13. The summed E-state index contributed by atoms with van der Waals surface area (Å²) in [6.07, 6.45) is -5.63. The monoisotopic (exact) mass is 396 g/mol. The van der Waals surface area contributed by atoms with E-state index in [0.29, 0.717) is 0 Å². The highest BCUT2D eigenvalue weighted by Gasteiger charge is 2.43. The minimum absolute atomic E-state index is 0.506. The minimum Gasteiger partial charge on any atom is -0.349 e. The van der Waals surface area contributed by atoms with Crippen molar-refractivity contribution in [3.05, 3.63) is 0 Å². The van der Waals surface area contributed by atoms with Crippen LogP contribution in [0.5, 0.6) is 0 Å². The lowest BCUT2D eigenvalue weighted by molar-refractivity contribution is -0.173. The molecule has 3 atom stereocenters. The van der Waals surface area contributed by atoms with Gasteiger partial charge in [0.25, 0.3) is 5.78 Å². The average Bonchev–Trinajstić information content (AvgIpc) is 2.50. The number of hydrogen-bond donors (Lipinski definition) is 3. The molecule has 8 nitrogen and oxygen atoms in total. The Bertz CT molecular complexity index is 585. The van der Waals surface area contributed by atoms with Crippen molar-refractivity contribution in [3.8, 4) is 0 Å². The Balaban J connectivity index is 5.36. The first-order chi connectivity index (χ1) is 12.0. The van der Waals surface area contributed by atoms with E-state index in [0.717, 1.165) is 11.8 Å². The summed E-state index contributed by atoms with van der Waals surface area (Å²) in [6.45, 7) is 5.91. The molecule has 0 spiro atoms. The first kappa shape index (κ1) is 24.8. The van der Waals surface area contributed by atoms with E-state index in [4.69, 9.17) is 5.73 Å². The van der Waals surface area contributed by atoms with Gasteiger partial charge in [0.15, 0.2) is 0 Å². The van der Waals surface area contributed by atoms with Crippen molar-refractivity contribution in [1.82, 2.24) is 15.5 Å². The predicted molar refractivity (Wildman–Crippen MR) is 91.3 cm³/mol. The predicted octanol–water partition coefficient (Wildman–Crippen LogP) is -0.0410. The van der Waals surface area contributed by atoms with Crippen LogP contribution in [0.15, 0.2) is 0 Å². The lowest BCUT2D eigenvalue weighted by Crippen LogP contribution is -2.57. The number of hydrogen-bond acceptors (Lipinski definition) is 5. The molecule has 27 heavy (non-hydrogen) atoms. The molecule has 0 aromatic rings. The Kier molecular flexibility index (Phi) is 8.42. The fourth-order valence-electron chi connectivity index (χ4n) is 1.85. The van der Waals surface area contributed by atoms with Crippen molar-refractivity contribution in [2.24, 2.45) is 11.1 Å². The summed E-state index contributed by atoms with van der Waals surface area (Å²) in [5.41, 5.74) is 5.14. The molecule has 156 valence electrons. The van der Waals surface area contributed by atoms with Gasteiger partial charge in [0.2, 0.25) is 17.7 Å². The zero-order chi connectivity index (χ0) is 21.7. The second-order valence-electron chi connectivity index (χ2n) is 7.49. The number of alkyl halides is 3. The van der Waals surface area contributed by atoms with E-state index in [1.54, 1.807) is 20.8 Å². The number of nitrogens with one attached hydrogen (secondary N) is 2. The molecule has 0 aliphatic rings. The first-order valence-electron chi connectivity index (χ1n) is 8.16. The van der Waals surface area contributed by atoms with Gasteiger partial charge >= 0.3 is 6.18 Å². The van der Waals surface area contributed by atoms with Crippen molar-refractivity contribution >= 4 is 23.5 Å². The molecule has 0 aromatic carbocycles. The van der Waals surface area contributed by atoms with Crippen molar-refractivity contribution in [1.29, 1.82) is 0 Å². The number of ketones is 1. The first-order valence-corrected chi connectivity index (χ1v) is 8.16. The number of nitrogens with two attached hydrogens (primary N) is 1. The molecule has 0 rings (SSSR count). The molecule has 0 saturated carbocycles. The van der Waals surface area contributed by atoms with E-state index in [-0.39, 0.29) is 0 Å². The number of amides is 3. The van der Waals surface area contributed by atoms with Gasteiger partial charge in [-0.05, 0) is 12.3 Å². The molecule has 0 aromatic heterocycles. The van der Waals surface area contributed by atoms with Crippen LogP contribution in [0.25, 0.3) is 0 Å². The largest absolute Gasteiger partial charge is 0.452 e. The van der Waals surface area contributed by atoms with Crippen LogP contribution in [0, 0.1) is 5.41 Å². The molecule has 11 heteroatoms. The van der Waals surface area contributed by atoms with Gasteiger partial charge in [-0.25, -0.2) is 0 Å². The summed E-state index contributed by atoms with van der Waals surface area (Å²) in [5, 5.41) is 4.15. The van der Waals surface area contributed by atoms with Crippen molar-refractivity contribution < 1.29 is 32.3 Å². The lowest BCUT2D eigenvalue weighted by atomic mass is 9.86. The van der Waals surface area contributed by atoms with Crippen LogP contribution < -0.4 is 16.4 Å². The van der Waals surface area contributed by atoms with Gasteiger partial charge in [-0.15, -0.1) is 0 Å². The van der Waals surface area contributed by atoms with E-state index >= 15 is 0 Å². The van der Waals surface area contributed by atoms with Crippen LogP contribution >= 0.6 is 0 Å². The molecule has 0 saturated heterocycles. The fourth-order valence-corrected chi connectivity index (χ4v) is 1.85.